The van der Waals surface area contributed by atoms with Crippen molar-refractivity contribution in [1.29, 1.82) is 0 Å². The number of amides is 1. The molecule has 0 aliphatic heterocycles. The van der Waals surface area contributed by atoms with Crippen molar-refractivity contribution in [3.63, 3.8) is 0 Å². The summed E-state index contributed by atoms with van der Waals surface area (Å²) in [6.45, 7) is 1.15. The normalized spacial score (nSPS) is 15.8. The largest absolute Gasteiger partial charge is 0.375 e. The number of rotatable bonds is 2. The Morgan fingerprint density at radius 1 is 1.89 bits per heavy atom. The molecule has 0 bridgehead atoms. The first-order valence-electron chi connectivity index (χ1n) is 2.16. The van der Waals surface area contributed by atoms with Crippen molar-refractivity contribution in [2.75, 3.05) is 0 Å². The Labute approximate surface area is 55.7 Å². The van der Waals surface area contributed by atoms with Crippen LogP contribution >= 0.6 is 0 Å². The molecule has 9 heavy (non-hydrogen) atoms. The predicted molar refractivity (Wildman–Crippen MR) is 34.0 cm³/mol. The summed E-state index contributed by atoms with van der Waals surface area (Å²) in [4.78, 5) is 10.2. The van der Waals surface area contributed by atoms with Gasteiger partial charge in [-0.1, -0.05) is 0 Å². The lowest BCUT2D eigenvalue weighted by atomic mass is 10.1. The molecular formula is C4H7NO3S. The number of aliphatic hydroxyl groups is 1. The third-order valence-electron chi connectivity index (χ3n) is 0.776. The maximum absolute atomic E-state index is 10.2. The molecule has 0 saturated heterocycles. The lowest BCUT2D eigenvalue weighted by Crippen LogP contribution is -2.42. The first-order valence-corrected chi connectivity index (χ1v) is 2.96. The van der Waals surface area contributed by atoms with Crippen molar-refractivity contribution in [2.45, 2.75) is 12.5 Å². The number of carbonyl (C=O) groups excluding carboxylic acids is 1. The van der Waals surface area contributed by atoms with Crippen LogP contribution in [0, 0.1) is 0 Å². The van der Waals surface area contributed by atoms with Gasteiger partial charge in [0.15, 0.2) is 5.60 Å². The molecule has 0 spiro atoms. The third-order valence-corrected chi connectivity index (χ3v) is 1.33. The zero-order valence-corrected chi connectivity index (χ0v) is 5.64. The maximum Gasteiger partial charge on any atom is 0.254 e. The van der Waals surface area contributed by atoms with Crippen LogP contribution in [0.1, 0.15) is 6.92 Å². The van der Waals surface area contributed by atoms with Gasteiger partial charge in [-0.2, -0.15) is 0 Å². The molecule has 0 aliphatic rings. The Balaban J connectivity index is 4.37. The monoisotopic (exact) mass is 149 g/mol. The van der Waals surface area contributed by atoms with E-state index in [-0.39, 0.29) is 11.3 Å². The van der Waals surface area contributed by atoms with Gasteiger partial charge in [0.2, 0.25) is 0 Å². The lowest BCUT2D eigenvalue weighted by molar-refractivity contribution is -0.128. The van der Waals surface area contributed by atoms with E-state index in [2.05, 4.69) is 5.73 Å². The third kappa shape index (κ3) is 2.39. The summed E-state index contributed by atoms with van der Waals surface area (Å²) in [5, 5.41) is 9.67. The van der Waals surface area contributed by atoms with Crippen LogP contribution in [-0.2, 0) is 16.1 Å². The molecule has 0 aliphatic carbocycles. The van der Waals surface area contributed by atoms with Crippen LogP contribution < -0.4 is 5.73 Å². The van der Waals surface area contributed by atoms with Gasteiger partial charge in [-0.05, 0) is 6.92 Å². The van der Waals surface area contributed by atoms with Crippen molar-refractivity contribution < 1.29 is 14.1 Å². The summed E-state index contributed by atoms with van der Waals surface area (Å²) in [7, 11) is 0. The molecule has 0 aromatic rings. The van der Waals surface area contributed by atoms with Crippen molar-refractivity contribution in [3.05, 3.63) is 0 Å². The summed E-state index contributed by atoms with van der Waals surface area (Å²) in [6.07, 6.45) is 0. The number of primary amides is 1. The molecule has 0 aromatic heterocycles. The molecule has 4 nitrogen and oxygen atoms in total. The molecule has 5 heteroatoms. The fraction of sp³-hybridized carbons (Fsp3) is 0.500. The Morgan fingerprint density at radius 2 is 2.33 bits per heavy atom. The van der Waals surface area contributed by atoms with Crippen LogP contribution in [0.2, 0.25) is 0 Å². The molecule has 52 valence electrons. The smallest absolute Gasteiger partial charge is 0.254 e. The van der Waals surface area contributed by atoms with E-state index in [9.17, 15) is 9.00 Å². The van der Waals surface area contributed by atoms with E-state index in [0.29, 0.717) is 0 Å². The highest BCUT2D eigenvalue weighted by atomic mass is 32.1. The zero-order valence-electron chi connectivity index (χ0n) is 4.83. The number of hydrogen-bond acceptors (Lipinski definition) is 3. The Bertz CT molecular complexity index is 167. The molecule has 1 atom stereocenters. The van der Waals surface area contributed by atoms with Crippen LogP contribution in [0.5, 0.6) is 0 Å². The minimum absolute atomic E-state index is 0.0111. The summed E-state index contributed by atoms with van der Waals surface area (Å²) in [5.41, 5.74) is 2.90. The van der Waals surface area contributed by atoms with E-state index >= 15 is 0 Å². The van der Waals surface area contributed by atoms with Crippen molar-refractivity contribution in [3.8, 4) is 0 Å². The number of nitrogens with two attached hydrogens (primary N) is 1. The Kier molecular flexibility index (Phi) is 2.54. The first kappa shape index (κ1) is 8.32. The quantitative estimate of drug-likeness (QED) is 0.456. The van der Waals surface area contributed by atoms with Gasteiger partial charge < -0.3 is 10.8 Å². The fourth-order valence-electron chi connectivity index (χ4n) is 0.152. The van der Waals surface area contributed by atoms with Crippen molar-refractivity contribution >= 4 is 22.5 Å². The van der Waals surface area contributed by atoms with Gasteiger partial charge in [0, 0.05) is 5.37 Å². The van der Waals surface area contributed by atoms with Crippen LogP contribution in [0.4, 0.5) is 0 Å². The molecule has 1 amide bonds. The van der Waals surface area contributed by atoms with Crippen LogP contribution in [0.3, 0.4) is 0 Å². The highest BCUT2D eigenvalue weighted by molar-refractivity contribution is 7.65. The average Bonchev–Trinajstić information content (AvgIpc) is 1.65. The van der Waals surface area contributed by atoms with Gasteiger partial charge in [-0.25, -0.2) is 4.21 Å². The van der Waals surface area contributed by atoms with Crippen LogP contribution in [-0.4, -0.2) is 26.2 Å². The van der Waals surface area contributed by atoms with Crippen LogP contribution in [0.25, 0.3) is 0 Å². The molecule has 0 aromatic carbocycles. The number of carbonyl (C=O) groups is 1. The van der Waals surface area contributed by atoms with Gasteiger partial charge in [-0.15, -0.1) is 0 Å². The molecular weight excluding hydrogens is 142 g/mol. The van der Waals surface area contributed by atoms with Gasteiger partial charge in [-0.3, -0.25) is 4.79 Å². The van der Waals surface area contributed by atoms with Gasteiger partial charge in [0.25, 0.3) is 5.91 Å². The highest BCUT2D eigenvalue weighted by Crippen LogP contribution is 1.94. The van der Waals surface area contributed by atoms with E-state index in [1.54, 1.807) is 0 Å². The minimum atomic E-state index is -1.79. The van der Waals surface area contributed by atoms with Gasteiger partial charge in [0.1, 0.15) is 0 Å². The van der Waals surface area contributed by atoms with E-state index < -0.39 is 11.5 Å². The summed E-state index contributed by atoms with van der Waals surface area (Å²) >= 11 is 0.0111. The summed E-state index contributed by atoms with van der Waals surface area (Å²) < 4.78 is 9.74. The molecule has 0 saturated carbocycles. The van der Waals surface area contributed by atoms with Gasteiger partial charge in [0.05, 0.1) is 11.3 Å². The second-order valence-corrected chi connectivity index (χ2v) is 2.15. The van der Waals surface area contributed by atoms with Crippen LogP contribution in [0.15, 0.2) is 0 Å². The number of hydrogen-bond donors (Lipinski definition) is 2. The molecule has 0 radical (unpaired) electrons. The maximum atomic E-state index is 10.2. The van der Waals surface area contributed by atoms with E-state index in [4.69, 9.17) is 5.11 Å². The topological polar surface area (TPSA) is 80.4 Å². The summed E-state index contributed by atoms with van der Waals surface area (Å²) in [5.74, 6) is -0.925. The highest BCUT2D eigenvalue weighted by Gasteiger charge is 2.24. The zero-order chi connectivity index (χ0) is 7.49. The minimum Gasteiger partial charge on any atom is -0.375 e. The second kappa shape index (κ2) is 2.75. The van der Waals surface area contributed by atoms with Crippen molar-refractivity contribution in [2.24, 2.45) is 5.73 Å². The second-order valence-electron chi connectivity index (χ2n) is 1.73. The van der Waals surface area contributed by atoms with Gasteiger partial charge >= 0.3 is 0 Å². The molecule has 1 unspecified atom stereocenters. The Hall–Kier alpha value is -0.680. The fourth-order valence-corrected chi connectivity index (χ4v) is 0.455. The van der Waals surface area contributed by atoms with E-state index in [1.807, 2.05) is 0 Å². The van der Waals surface area contributed by atoms with Crippen molar-refractivity contribution in [1.82, 2.24) is 0 Å². The standard InChI is InChI=1S/C4H7NO3S/c1-4(7,2-9-8)3(5)6/h2,7H,1H3,(H2,5,6). The van der Waals surface area contributed by atoms with E-state index in [0.717, 1.165) is 12.3 Å². The predicted octanol–water partition coefficient (Wildman–Crippen LogP) is -1.76. The summed E-state index contributed by atoms with van der Waals surface area (Å²) in [6, 6.07) is 0. The average molecular weight is 149 g/mol. The molecule has 0 heterocycles. The first-order chi connectivity index (χ1) is 4.00. The molecule has 0 rings (SSSR count). The van der Waals surface area contributed by atoms with E-state index in [1.165, 1.54) is 0 Å². The lowest BCUT2D eigenvalue weighted by Gasteiger charge is -2.09. The molecule has 3 N–H and O–H groups in total. The Morgan fingerprint density at radius 3 is 2.44 bits per heavy atom. The SMILES string of the molecule is CC(O)(C=S=O)C(N)=O. The molecule has 0 fully saturated rings.